The fraction of sp³-hybridized carbons (Fsp3) is 0.421. The van der Waals surface area contributed by atoms with E-state index in [0.717, 1.165) is 30.9 Å². The Morgan fingerprint density at radius 1 is 1.33 bits per heavy atom. The van der Waals surface area contributed by atoms with Crippen LogP contribution in [0.1, 0.15) is 30.2 Å². The Labute approximate surface area is 142 Å². The van der Waals surface area contributed by atoms with Gasteiger partial charge in [0.25, 0.3) is 0 Å². The quantitative estimate of drug-likeness (QED) is 0.817. The molecule has 1 atom stereocenters. The van der Waals surface area contributed by atoms with Gasteiger partial charge in [-0.05, 0) is 49.2 Å². The molecule has 1 amide bonds. The second-order valence-corrected chi connectivity index (χ2v) is 6.23. The van der Waals surface area contributed by atoms with E-state index < -0.39 is 0 Å². The van der Waals surface area contributed by atoms with Crippen LogP contribution in [-0.4, -0.2) is 43.0 Å². The van der Waals surface area contributed by atoms with Gasteiger partial charge >= 0.3 is 0 Å². The van der Waals surface area contributed by atoms with Gasteiger partial charge in [0.1, 0.15) is 11.5 Å². The number of benzene rings is 1. The Morgan fingerprint density at radius 3 is 2.79 bits per heavy atom. The number of methoxy groups -OCH3 is 1. The minimum Gasteiger partial charge on any atom is -0.497 e. The average molecular weight is 328 g/mol. The lowest BCUT2D eigenvalue weighted by Crippen LogP contribution is -2.37. The largest absolute Gasteiger partial charge is 0.497 e. The van der Waals surface area contributed by atoms with Gasteiger partial charge in [0.2, 0.25) is 5.91 Å². The summed E-state index contributed by atoms with van der Waals surface area (Å²) in [6.45, 7) is 1.90. The molecule has 5 heteroatoms. The van der Waals surface area contributed by atoms with Gasteiger partial charge in [0, 0.05) is 13.1 Å². The average Bonchev–Trinajstić information content (AvgIpc) is 3.27. The van der Waals surface area contributed by atoms with Crippen molar-refractivity contribution in [2.75, 3.05) is 27.2 Å². The van der Waals surface area contributed by atoms with E-state index in [0.29, 0.717) is 19.1 Å². The Hall–Kier alpha value is -2.27. The first kappa shape index (κ1) is 16.6. The second-order valence-electron chi connectivity index (χ2n) is 6.23. The minimum absolute atomic E-state index is 0.117. The lowest BCUT2D eigenvalue weighted by Gasteiger charge is -2.26. The van der Waals surface area contributed by atoms with Crippen molar-refractivity contribution in [3.63, 3.8) is 0 Å². The van der Waals surface area contributed by atoms with Gasteiger partial charge in [-0.1, -0.05) is 12.1 Å². The molecule has 1 fully saturated rings. The van der Waals surface area contributed by atoms with E-state index in [4.69, 9.17) is 9.15 Å². The molecule has 2 aromatic rings. The van der Waals surface area contributed by atoms with Crippen molar-refractivity contribution in [3.05, 3.63) is 54.0 Å². The van der Waals surface area contributed by atoms with E-state index in [1.807, 2.05) is 31.3 Å². The molecule has 24 heavy (non-hydrogen) atoms. The van der Waals surface area contributed by atoms with Crippen LogP contribution in [0, 0.1) is 0 Å². The summed E-state index contributed by atoms with van der Waals surface area (Å²) in [5.74, 6) is 1.78. The number of rotatable bonds is 6. The van der Waals surface area contributed by atoms with Gasteiger partial charge in [-0.15, -0.1) is 0 Å². The molecule has 1 aromatic heterocycles. The van der Waals surface area contributed by atoms with E-state index in [2.05, 4.69) is 17.0 Å². The first-order chi connectivity index (χ1) is 11.7. The van der Waals surface area contributed by atoms with E-state index in [1.165, 1.54) is 5.56 Å². The smallest absolute Gasteiger partial charge is 0.236 e. The number of furan rings is 1. The molecule has 0 N–H and O–H groups in total. The Kier molecular flexibility index (Phi) is 5.20. The fourth-order valence-electron chi connectivity index (χ4n) is 3.24. The van der Waals surface area contributed by atoms with Crippen molar-refractivity contribution in [2.24, 2.45) is 0 Å². The summed E-state index contributed by atoms with van der Waals surface area (Å²) >= 11 is 0. The van der Waals surface area contributed by atoms with Crippen LogP contribution < -0.4 is 4.74 Å². The molecule has 5 nitrogen and oxygen atoms in total. The molecule has 0 bridgehead atoms. The second kappa shape index (κ2) is 7.53. The third-order valence-corrected chi connectivity index (χ3v) is 4.60. The van der Waals surface area contributed by atoms with Crippen LogP contribution in [-0.2, 0) is 11.3 Å². The lowest BCUT2D eigenvalue weighted by molar-refractivity contribution is -0.132. The van der Waals surface area contributed by atoms with Crippen LogP contribution in [0.15, 0.2) is 47.1 Å². The molecule has 2 heterocycles. The third-order valence-electron chi connectivity index (χ3n) is 4.60. The molecule has 1 saturated heterocycles. The van der Waals surface area contributed by atoms with Crippen molar-refractivity contribution < 1.29 is 13.9 Å². The normalized spacial score (nSPS) is 17.8. The predicted octanol–water partition coefficient (Wildman–Crippen LogP) is 3.08. The van der Waals surface area contributed by atoms with Crippen molar-refractivity contribution in [1.82, 2.24) is 9.80 Å². The summed E-state index contributed by atoms with van der Waals surface area (Å²) < 4.78 is 10.5. The van der Waals surface area contributed by atoms with Crippen LogP contribution in [0.3, 0.4) is 0 Å². The van der Waals surface area contributed by atoms with Crippen LogP contribution in [0.5, 0.6) is 5.75 Å². The molecular formula is C19H24N2O3. The first-order valence-electron chi connectivity index (χ1n) is 8.31. The van der Waals surface area contributed by atoms with Gasteiger partial charge < -0.3 is 14.1 Å². The lowest BCUT2D eigenvalue weighted by atomic mass is 10.0. The third kappa shape index (κ3) is 3.79. The summed E-state index contributed by atoms with van der Waals surface area (Å²) in [5, 5.41) is 0. The molecule has 1 aliphatic rings. The standard InChI is InChI=1S/C19H24N2O3/c1-20(13-17-5-4-12-24-17)19(22)14-21-11-3-6-18(21)15-7-9-16(23-2)10-8-15/h4-5,7-10,12,18H,3,6,11,13-14H2,1-2H3/t18-/m1/s1. The first-order valence-corrected chi connectivity index (χ1v) is 8.31. The molecule has 0 aliphatic carbocycles. The maximum absolute atomic E-state index is 12.5. The molecule has 3 rings (SSSR count). The summed E-state index contributed by atoms with van der Waals surface area (Å²) in [7, 11) is 3.49. The van der Waals surface area contributed by atoms with Gasteiger partial charge in [0.15, 0.2) is 0 Å². The molecular weight excluding hydrogens is 304 g/mol. The summed E-state index contributed by atoms with van der Waals surface area (Å²) in [6, 6.07) is 12.2. The summed E-state index contributed by atoms with van der Waals surface area (Å²) in [6.07, 6.45) is 3.83. The highest BCUT2D eigenvalue weighted by molar-refractivity contribution is 5.78. The monoisotopic (exact) mass is 328 g/mol. The van der Waals surface area contributed by atoms with E-state index in [1.54, 1.807) is 18.3 Å². The van der Waals surface area contributed by atoms with E-state index >= 15 is 0 Å². The van der Waals surface area contributed by atoms with Crippen LogP contribution in [0.2, 0.25) is 0 Å². The van der Waals surface area contributed by atoms with Crippen molar-refractivity contribution >= 4 is 5.91 Å². The zero-order valence-electron chi connectivity index (χ0n) is 14.3. The zero-order valence-corrected chi connectivity index (χ0v) is 14.3. The number of likely N-dealkylation sites (tertiary alicyclic amines) is 1. The number of nitrogens with zero attached hydrogens (tertiary/aromatic N) is 2. The Bertz CT molecular complexity index is 652. The summed E-state index contributed by atoms with van der Waals surface area (Å²) in [5.41, 5.74) is 1.25. The molecule has 128 valence electrons. The number of likely N-dealkylation sites (N-methyl/N-ethyl adjacent to an activating group) is 1. The summed E-state index contributed by atoms with van der Waals surface area (Å²) in [4.78, 5) is 16.5. The van der Waals surface area contributed by atoms with Crippen LogP contribution in [0.4, 0.5) is 0 Å². The number of hydrogen-bond donors (Lipinski definition) is 0. The van der Waals surface area contributed by atoms with E-state index in [9.17, 15) is 4.79 Å². The Balaban J connectivity index is 1.61. The molecule has 1 aromatic carbocycles. The number of hydrogen-bond acceptors (Lipinski definition) is 4. The SMILES string of the molecule is COc1ccc([C@H]2CCCN2CC(=O)N(C)Cc2ccco2)cc1. The number of carbonyl (C=O) groups is 1. The maximum Gasteiger partial charge on any atom is 0.236 e. The topological polar surface area (TPSA) is 45.9 Å². The van der Waals surface area contributed by atoms with Crippen molar-refractivity contribution in [2.45, 2.75) is 25.4 Å². The van der Waals surface area contributed by atoms with E-state index in [-0.39, 0.29) is 5.91 Å². The van der Waals surface area contributed by atoms with Crippen LogP contribution in [0.25, 0.3) is 0 Å². The van der Waals surface area contributed by atoms with Gasteiger partial charge in [-0.25, -0.2) is 0 Å². The molecule has 0 saturated carbocycles. The van der Waals surface area contributed by atoms with Crippen molar-refractivity contribution in [3.8, 4) is 5.75 Å². The van der Waals surface area contributed by atoms with Crippen molar-refractivity contribution in [1.29, 1.82) is 0 Å². The van der Waals surface area contributed by atoms with Crippen LogP contribution >= 0.6 is 0 Å². The zero-order chi connectivity index (χ0) is 16.9. The predicted molar refractivity (Wildman–Crippen MR) is 91.7 cm³/mol. The number of ether oxygens (including phenoxy) is 1. The van der Waals surface area contributed by atoms with Gasteiger partial charge in [-0.2, -0.15) is 0 Å². The molecule has 1 aliphatic heterocycles. The fourth-order valence-corrected chi connectivity index (χ4v) is 3.24. The molecule has 0 spiro atoms. The minimum atomic E-state index is 0.117. The number of carbonyl (C=O) groups excluding carboxylic acids is 1. The van der Waals surface area contributed by atoms with Gasteiger partial charge in [0.05, 0.1) is 26.5 Å². The highest BCUT2D eigenvalue weighted by Gasteiger charge is 2.28. The van der Waals surface area contributed by atoms with Gasteiger partial charge in [-0.3, -0.25) is 9.69 Å². The highest BCUT2D eigenvalue weighted by atomic mass is 16.5. The highest BCUT2D eigenvalue weighted by Crippen LogP contribution is 2.32. The maximum atomic E-state index is 12.5. The Morgan fingerprint density at radius 2 is 2.12 bits per heavy atom. The molecule has 0 radical (unpaired) electrons. The molecule has 0 unspecified atom stereocenters. The number of amides is 1.